The van der Waals surface area contributed by atoms with Crippen molar-refractivity contribution in [1.29, 1.82) is 0 Å². The summed E-state index contributed by atoms with van der Waals surface area (Å²) in [6.45, 7) is 1.11. The second-order valence-corrected chi connectivity index (χ2v) is 8.08. The van der Waals surface area contributed by atoms with Crippen molar-refractivity contribution in [2.45, 2.75) is 24.2 Å². The molecule has 138 valence electrons. The number of amides is 1. The van der Waals surface area contributed by atoms with Gasteiger partial charge < -0.3 is 10.1 Å². The number of carbonyl (C=O) groups excluding carboxylic acids is 1. The maximum Gasteiger partial charge on any atom is 0.255 e. The molecule has 1 amide bonds. The fraction of sp³-hybridized carbons (Fsp3) is 0.316. The van der Waals surface area contributed by atoms with Crippen LogP contribution in [0.3, 0.4) is 0 Å². The molecule has 0 aromatic heterocycles. The molecule has 0 bridgehead atoms. The van der Waals surface area contributed by atoms with Gasteiger partial charge in [0.05, 0.1) is 17.7 Å². The Balaban J connectivity index is 1.75. The fourth-order valence-electron chi connectivity index (χ4n) is 2.97. The average Bonchev–Trinajstić information content (AvgIpc) is 2.69. The van der Waals surface area contributed by atoms with Crippen LogP contribution in [0.4, 0.5) is 5.69 Å². The molecule has 1 fully saturated rings. The number of rotatable bonds is 5. The van der Waals surface area contributed by atoms with Crippen molar-refractivity contribution in [3.63, 3.8) is 0 Å². The lowest BCUT2D eigenvalue weighted by Crippen LogP contribution is -2.35. The lowest BCUT2D eigenvalue weighted by atomic mass is 10.2. The fourth-order valence-corrected chi connectivity index (χ4v) is 4.49. The van der Waals surface area contributed by atoms with E-state index >= 15 is 0 Å². The first kappa shape index (κ1) is 18.4. The van der Waals surface area contributed by atoms with Crippen LogP contribution in [0.2, 0.25) is 0 Å². The van der Waals surface area contributed by atoms with Gasteiger partial charge in [0.25, 0.3) is 5.91 Å². The van der Waals surface area contributed by atoms with Gasteiger partial charge in [-0.3, -0.25) is 4.79 Å². The van der Waals surface area contributed by atoms with Crippen molar-refractivity contribution in [1.82, 2.24) is 4.31 Å². The van der Waals surface area contributed by atoms with Crippen LogP contribution in [0.25, 0.3) is 0 Å². The number of hydrogen-bond acceptors (Lipinski definition) is 4. The summed E-state index contributed by atoms with van der Waals surface area (Å²) in [5, 5.41) is 2.78. The molecule has 0 aliphatic carbocycles. The lowest BCUT2D eigenvalue weighted by Gasteiger charge is -2.25. The zero-order valence-electron chi connectivity index (χ0n) is 14.6. The first-order chi connectivity index (χ1) is 12.5. The zero-order chi connectivity index (χ0) is 18.6. The molecule has 0 radical (unpaired) electrons. The van der Waals surface area contributed by atoms with Gasteiger partial charge in [0.2, 0.25) is 10.0 Å². The van der Waals surface area contributed by atoms with E-state index in [0.29, 0.717) is 30.1 Å². The number of benzene rings is 2. The van der Waals surface area contributed by atoms with Gasteiger partial charge in [-0.25, -0.2) is 8.42 Å². The van der Waals surface area contributed by atoms with Gasteiger partial charge in [-0.15, -0.1) is 0 Å². The number of nitrogens with one attached hydrogen (secondary N) is 1. The Bertz CT molecular complexity index is 873. The van der Waals surface area contributed by atoms with Crippen LogP contribution in [-0.4, -0.2) is 38.8 Å². The molecular formula is C19H22N2O4S. The largest absolute Gasteiger partial charge is 0.495 e. The molecule has 1 heterocycles. The molecule has 3 rings (SSSR count). The van der Waals surface area contributed by atoms with E-state index in [0.717, 1.165) is 19.3 Å². The average molecular weight is 374 g/mol. The summed E-state index contributed by atoms with van der Waals surface area (Å²) < 4.78 is 32.0. The SMILES string of the molecule is COc1ccccc1NC(=O)c1ccc(S(=O)(=O)N2CCCCC2)cc1. The van der Waals surface area contributed by atoms with Crippen molar-refractivity contribution in [3.8, 4) is 5.75 Å². The molecule has 0 atom stereocenters. The van der Waals surface area contributed by atoms with Crippen molar-refractivity contribution in [3.05, 3.63) is 54.1 Å². The van der Waals surface area contributed by atoms with Crippen LogP contribution in [-0.2, 0) is 10.0 Å². The summed E-state index contributed by atoms with van der Waals surface area (Å²) in [4.78, 5) is 12.6. The number of hydrogen-bond donors (Lipinski definition) is 1. The molecule has 2 aromatic carbocycles. The number of nitrogens with zero attached hydrogens (tertiary/aromatic N) is 1. The molecule has 0 spiro atoms. The van der Waals surface area contributed by atoms with Crippen LogP contribution in [0.5, 0.6) is 5.75 Å². The number of para-hydroxylation sites is 2. The molecule has 1 aliphatic rings. The second-order valence-electron chi connectivity index (χ2n) is 6.14. The van der Waals surface area contributed by atoms with E-state index in [1.54, 1.807) is 18.2 Å². The number of carbonyl (C=O) groups is 1. The van der Waals surface area contributed by atoms with Crippen LogP contribution in [0.15, 0.2) is 53.4 Å². The summed E-state index contributed by atoms with van der Waals surface area (Å²) in [5.41, 5.74) is 0.943. The van der Waals surface area contributed by atoms with Gasteiger partial charge in [0, 0.05) is 18.7 Å². The minimum Gasteiger partial charge on any atom is -0.495 e. The Hall–Kier alpha value is -2.38. The lowest BCUT2D eigenvalue weighted by molar-refractivity contribution is 0.102. The maximum atomic E-state index is 12.7. The number of piperidine rings is 1. The first-order valence-electron chi connectivity index (χ1n) is 8.57. The third kappa shape index (κ3) is 3.89. The highest BCUT2D eigenvalue weighted by Gasteiger charge is 2.25. The quantitative estimate of drug-likeness (QED) is 0.872. The molecule has 2 aromatic rings. The maximum absolute atomic E-state index is 12.7. The van der Waals surface area contributed by atoms with Gasteiger partial charge in [-0.1, -0.05) is 18.6 Å². The molecular weight excluding hydrogens is 352 g/mol. The Morgan fingerprint density at radius 1 is 1.00 bits per heavy atom. The van der Waals surface area contributed by atoms with Crippen molar-refractivity contribution >= 4 is 21.6 Å². The van der Waals surface area contributed by atoms with Gasteiger partial charge in [-0.2, -0.15) is 4.31 Å². The Morgan fingerprint density at radius 3 is 2.31 bits per heavy atom. The van der Waals surface area contributed by atoms with Crippen LogP contribution >= 0.6 is 0 Å². The third-order valence-electron chi connectivity index (χ3n) is 4.42. The van der Waals surface area contributed by atoms with E-state index in [-0.39, 0.29) is 10.8 Å². The van der Waals surface area contributed by atoms with Crippen molar-refractivity contribution in [2.75, 3.05) is 25.5 Å². The van der Waals surface area contributed by atoms with E-state index in [2.05, 4.69) is 5.32 Å². The van der Waals surface area contributed by atoms with E-state index in [1.807, 2.05) is 6.07 Å². The van der Waals surface area contributed by atoms with Crippen LogP contribution in [0, 0.1) is 0 Å². The standard InChI is InChI=1S/C19H22N2O4S/c1-25-18-8-4-3-7-17(18)20-19(22)15-9-11-16(12-10-15)26(23,24)21-13-5-2-6-14-21/h3-4,7-12H,2,5-6,13-14H2,1H3,(H,20,22). The van der Waals surface area contributed by atoms with E-state index in [9.17, 15) is 13.2 Å². The predicted octanol–water partition coefficient (Wildman–Crippen LogP) is 3.12. The van der Waals surface area contributed by atoms with Crippen molar-refractivity contribution < 1.29 is 17.9 Å². The minimum absolute atomic E-state index is 0.216. The summed E-state index contributed by atoms with van der Waals surface area (Å²) in [6.07, 6.45) is 2.84. The Kier molecular flexibility index (Phi) is 5.58. The summed E-state index contributed by atoms with van der Waals surface area (Å²) >= 11 is 0. The van der Waals surface area contributed by atoms with E-state index in [4.69, 9.17) is 4.74 Å². The molecule has 6 nitrogen and oxygen atoms in total. The second kappa shape index (κ2) is 7.88. The molecule has 1 aliphatic heterocycles. The highest BCUT2D eigenvalue weighted by molar-refractivity contribution is 7.89. The predicted molar refractivity (Wildman–Crippen MR) is 100.0 cm³/mol. The molecule has 0 saturated carbocycles. The van der Waals surface area contributed by atoms with Crippen LogP contribution in [0.1, 0.15) is 29.6 Å². The normalized spacial score (nSPS) is 15.4. The molecule has 26 heavy (non-hydrogen) atoms. The number of anilines is 1. The topological polar surface area (TPSA) is 75.7 Å². The minimum atomic E-state index is -3.49. The Morgan fingerprint density at radius 2 is 1.65 bits per heavy atom. The summed E-state index contributed by atoms with van der Waals surface area (Å²) in [7, 11) is -1.96. The zero-order valence-corrected chi connectivity index (χ0v) is 15.5. The number of methoxy groups -OCH3 is 1. The first-order valence-corrected chi connectivity index (χ1v) is 10.0. The van der Waals surface area contributed by atoms with Crippen LogP contribution < -0.4 is 10.1 Å². The molecule has 0 unspecified atom stereocenters. The van der Waals surface area contributed by atoms with Gasteiger partial charge in [0.15, 0.2) is 0 Å². The summed E-state index contributed by atoms with van der Waals surface area (Å²) in [6, 6.07) is 13.1. The summed E-state index contributed by atoms with van der Waals surface area (Å²) in [5.74, 6) is 0.238. The molecule has 1 saturated heterocycles. The number of ether oxygens (including phenoxy) is 1. The number of sulfonamides is 1. The molecule has 1 N–H and O–H groups in total. The smallest absolute Gasteiger partial charge is 0.255 e. The van der Waals surface area contributed by atoms with Crippen molar-refractivity contribution in [2.24, 2.45) is 0 Å². The highest BCUT2D eigenvalue weighted by atomic mass is 32.2. The monoisotopic (exact) mass is 374 g/mol. The van der Waals surface area contributed by atoms with Gasteiger partial charge in [-0.05, 0) is 49.2 Å². The Labute approximate surface area is 153 Å². The van der Waals surface area contributed by atoms with E-state index in [1.165, 1.54) is 35.7 Å². The van der Waals surface area contributed by atoms with Gasteiger partial charge >= 0.3 is 0 Å². The molecule has 7 heteroatoms. The third-order valence-corrected chi connectivity index (χ3v) is 6.34. The van der Waals surface area contributed by atoms with E-state index < -0.39 is 10.0 Å². The van der Waals surface area contributed by atoms with Gasteiger partial charge in [0.1, 0.15) is 5.75 Å². The highest BCUT2D eigenvalue weighted by Crippen LogP contribution is 2.24.